The average molecular weight is 312 g/mol. The van der Waals surface area contributed by atoms with Gasteiger partial charge in [0.1, 0.15) is 11.5 Å². The maximum Gasteiger partial charge on any atom is 0.147 e. The van der Waals surface area contributed by atoms with Crippen LogP contribution in [-0.2, 0) is 0 Å². The minimum absolute atomic E-state index is 1.00. The average Bonchev–Trinajstić information content (AvgIpc) is 3.05. The molecule has 0 saturated carbocycles. The van der Waals surface area contributed by atoms with Crippen LogP contribution in [0.4, 0.5) is 0 Å². The van der Waals surface area contributed by atoms with Crippen molar-refractivity contribution in [3.05, 3.63) is 10.8 Å². The first-order valence-corrected chi connectivity index (χ1v) is 8.64. The predicted octanol–water partition coefficient (Wildman–Crippen LogP) is 5.41. The maximum absolute atomic E-state index is 5.41. The molecule has 4 aromatic rings. The van der Waals surface area contributed by atoms with Gasteiger partial charge in [0.25, 0.3) is 0 Å². The van der Waals surface area contributed by atoms with Crippen molar-refractivity contribution in [2.24, 2.45) is 0 Å². The number of hydrogen-bond acceptors (Lipinski definition) is 6. The molecule has 18 heavy (non-hydrogen) atoms. The molecule has 92 valence electrons. The summed E-state index contributed by atoms with van der Waals surface area (Å²) in [4.78, 5) is 0. The minimum atomic E-state index is 1.00. The van der Waals surface area contributed by atoms with Gasteiger partial charge >= 0.3 is 0 Å². The van der Waals surface area contributed by atoms with Crippen LogP contribution in [0.2, 0.25) is 0 Å². The van der Waals surface area contributed by atoms with Gasteiger partial charge in [0.05, 0.1) is 42.4 Å². The van der Waals surface area contributed by atoms with Crippen LogP contribution in [0.3, 0.4) is 0 Å². The highest BCUT2D eigenvalue weighted by atomic mass is 32.1. The van der Waals surface area contributed by atoms with Crippen molar-refractivity contribution in [1.29, 1.82) is 0 Å². The molecular weight excluding hydrogens is 304 g/mol. The molecule has 0 bridgehead atoms. The third-order valence-corrected chi connectivity index (χ3v) is 7.94. The number of hydrogen-bond donors (Lipinski definition) is 0. The molecule has 2 nitrogen and oxygen atoms in total. The fourth-order valence-corrected chi connectivity index (χ4v) is 7.56. The van der Waals surface area contributed by atoms with E-state index in [2.05, 4.69) is 10.8 Å². The zero-order chi connectivity index (χ0) is 12.3. The van der Waals surface area contributed by atoms with Gasteiger partial charge in [-0.1, -0.05) is 0 Å². The Hall–Kier alpha value is -0.820. The Balaban J connectivity index is 2.17. The highest BCUT2D eigenvalue weighted by molar-refractivity contribution is 7.44. The van der Waals surface area contributed by atoms with Crippen molar-refractivity contribution in [1.82, 2.24) is 0 Å². The third-order valence-electron chi connectivity index (χ3n) is 2.89. The molecule has 0 spiro atoms. The van der Waals surface area contributed by atoms with Gasteiger partial charge in [-0.05, 0) is 0 Å². The summed E-state index contributed by atoms with van der Waals surface area (Å²) < 4.78 is 18.8. The topological polar surface area (TPSA) is 18.5 Å². The van der Waals surface area contributed by atoms with E-state index in [-0.39, 0.29) is 0 Å². The second-order valence-corrected chi connectivity index (χ2v) is 7.59. The van der Waals surface area contributed by atoms with Crippen molar-refractivity contribution in [3.8, 4) is 11.5 Å². The molecule has 0 aliphatic carbocycles. The monoisotopic (exact) mass is 312 g/mol. The summed E-state index contributed by atoms with van der Waals surface area (Å²) in [5.74, 6) is 2.00. The van der Waals surface area contributed by atoms with E-state index in [1.807, 2.05) is 22.7 Å². The van der Waals surface area contributed by atoms with E-state index in [0.717, 1.165) is 11.5 Å². The number of methoxy groups -OCH3 is 2. The molecule has 4 heterocycles. The van der Waals surface area contributed by atoms with E-state index in [1.54, 1.807) is 36.9 Å². The second-order valence-electron chi connectivity index (χ2n) is 3.79. The molecule has 0 N–H and O–H groups in total. The van der Waals surface area contributed by atoms with Gasteiger partial charge < -0.3 is 9.47 Å². The lowest BCUT2D eigenvalue weighted by atomic mass is 10.4. The van der Waals surface area contributed by atoms with Crippen molar-refractivity contribution in [3.63, 3.8) is 0 Å². The number of thiophene rings is 4. The largest absolute Gasteiger partial charge is 0.494 e. The number of ether oxygens (including phenoxy) is 2. The summed E-state index contributed by atoms with van der Waals surface area (Å²) in [6.07, 6.45) is 0. The van der Waals surface area contributed by atoms with Gasteiger partial charge in [0.2, 0.25) is 0 Å². The standard InChI is InChI=1S/C12H8O2S4/c1-13-5-3-15-9-7(5)17-12-10-8(18-11(9)12)6(14-2)4-16-10/h3-4H,1-2H3. The molecule has 0 unspecified atom stereocenters. The van der Waals surface area contributed by atoms with Gasteiger partial charge in [0.15, 0.2) is 0 Å². The van der Waals surface area contributed by atoms with Crippen molar-refractivity contribution < 1.29 is 9.47 Å². The van der Waals surface area contributed by atoms with Crippen LogP contribution >= 0.6 is 45.3 Å². The van der Waals surface area contributed by atoms with Crippen LogP contribution in [0.25, 0.3) is 28.2 Å². The van der Waals surface area contributed by atoms with Crippen molar-refractivity contribution in [2.75, 3.05) is 14.2 Å². The molecule has 0 atom stereocenters. The Morgan fingerprint density at radius 2 is 1.11 bits per heavy atom. The smallest absolute Gasteiger partial charge is 0.147 e. The normalized spacial score (nSPS) is 11.9. The summed E-state index contributed by atoms with van der Waals surface area (Å²) in [5, 5.41) is 4.18. The summed E-state index contributed by atoms with van der Waals surface area (Å²) in [5.41, 5.74) is 0. The Morgan fingerprint density at radius 1 is 0.667 bits per heavy atom. The molecule has 0 saturated heterocycles. The van der Waals surface area contributed by atoms with Crippen LogP contribution in [0.5, 0.6) is 11.5 Å². The van der Waals surface area contributed by atoms with Gasteiger partial charge in [-0.3, -0.25) is 0 Å². The molecule has 0 radical (unpaired) electrons. The molecule has 4 rings (SSSR count). The fraction of sp³-hybridized carbons (Fsp3) is 0.167. The van der Waals surface area contributed by atoms with Crippen LogP contribution in [0.15, 0.2) is 10.8 Å². The van der Waals surface area contributed by atoms with Crippen LogP contribution in [0, 0.1) is 0 Å². The van der Waals surface area contributed by atoms with Gasteiger partial charge in [-0.25, -0.2) is 0 Å². The van der Waals surface area contributed by atoms with E-state index >= 15 is 0 Å². The quantitative estimate of drug-likeness (QED) is 0.493. The number of fused-ring (bicyclic) bond motifs is 5. The molecule has 4 aromatic heterocycles. The van der Waals surface area contributed by atoms with E-state index in [4.69, 9.17) is 9.47 Å². The Kier molecular flexibility index (Phi) is 2.35. The van der Waals surface area contributed by atoms with Gasteiger partial charge in [-0.15, -0.1) is 45.3 Å². The predicted molar refractivity (Wildman–Crippen MR) is 83.6 cm³/mol. The lowest BCUT2D eigenvalue weighted by Gasteiger charge is -1.91. The second kappa shape index (κ2) is 3.84. The fourth-order valence-electron chi connectivity index (χ4n) is 2.05. The molecule has 0 aromatic carbocycles. The molecular formula is C12H8O2S4. The molecule has 0 aliphatic rings. The van der Waals surface area contributed by atoms with Gasteiger partial charge in [-0.2, -0.15) is 0 Å². The molecule has 0 amide bonds. The SMILES string of the molecule is COc1csc2c1sc1c3scc(OC)c3sc21. The zero-order valence-corrected chi connectivity index (χ0v) is 12.9. The summed E-state index contributed by atoms with van der Waals surface area (Å²) in [7, 11) is 3.47. The van der Waals surface area contributed by atoms with Gasteiger partial charge in [0, 0.05) is 10.8 Å². The lowest BCUT2D eigenvalue weighted by Crippen LogP contribution is -1.76. The van der Waals surface area contributed by atoms with Crippen LogP contribution < -0.4 is 9.47 Å². The highest BCUT2D eigenvalue weighted by Crippen LogP contribution is 2.53. The minimum Gasteiger partial charge on any atom is -0.494 e. The van der Waals surface area contributed by atoms with E-state index < -0.39 is 0 Å². The Labute approximate surface area is 119 Å². The number of rotatable bonds is 2. The van der Waals surface area contributed by atoms with Crippen LogP contribution in [0.1, 0.15) is 0 Å². The molecule has 6 heteroatoms. The summed E-state index contributed by atoms with van der Waals surface area (Å²) in [6.45, 7) is 0. The Morgan fingerprint density at radius 3 is 1.50 bits per heavy atom. The highest BCUT2D eigenvalue weighted by Gasteiger charge is 2.19. The summed E-state index contributed by atoms with van der Waals surface area (Å²) >= 11 is 7.19. The first-order valence-electron chi connectivity index (χ1n) is 5.25. The van der Waals surface area contributed by atoms with Crippen molar-refractivity contribution >= 4 is 73.5 Å². The maximum atomic E-state index is 5.41. The molecule has 0 fully saturated rings. The third kappa shape index (κ3) is 1.26. The first-order chi connectivity index (χ1) is 8.83. The Bertz CT molecular complexity index is 788. The van der Waals surface area contributed by atoms with Crippen molar-refractivity contribution in [2.45, 2.75) is 0 Å². The lowest BCUT2D eigenvalue weighted by molar-refractivity contribution is 0.422. The van der Waals surface area contributed by atoms with E-state index in [0.29, 0.717) is 0 Å². The van der Waals surface area contributed by atoms with Crippen LogP contribution in [-0.4, -0.2) is 14.2 Å². The van der Waals surface area contributed by atoms with E-state index in [9.17, 15) is 0 Å². The molecule has 0 aliphatic heterocycles. The van der Waals surface area contributed by atoms with E-state index in [1.165, 1.54) is 28.2 Å². The first kappa shape index (κ1) is 11.0. The summed E-state index contributed by atoms with van der Waals surface area (Å²) in [6, 6.07) is 0. The zero-order valence-electron chi connectivity index (χ0n) is 9.60.